The van der Waals surface area contributed by atoms with Gasteiger partial charge in [-0.3, -0.25) is 4.79 Å². The molecule has 0 spiro atoms. The summed E-state index contributed by atoms with van der Waals surface area (Å²) in [5, 5.41) is 4.48. The Morgan fingerprint density at radius 3 is 2.74 bits per heavy atom. The zero-order valence-electron chi connectivity index (χ0n) is 22.1. The zero-order valence-corrected chi connectivity index (χ0v) is 22.1. The van der Waals surface area contributed by atoms with E-state index in [2.05, 4.69) is 22.0 Å². The molecule has 1 saturated heterocycles. The lowest BCUT2D eigenvalue weighted by atomic mass is 9.58. The summed E-state index contributed by atoms with van der Waals surface area (Å²) in [5.74, 6) is 2.56. The van der Waals surface area contributed by atoms with Crippen LogP contribution < -0.4 is 9.64 Å². The highest BCUT2D eigenvalue weighted by atomic mass is 16.5. The summed E-state index contributed by atoms with van der Waals surface area (Å²) in [7, 11) is 0. The van der Waals surface area contributed by atoms with Gasteiger partial charge in [0.25, 0.3) is 0 Å². The molecule has 3 heterocycles. The van der Waals surface area contributed by atoms with Gasteiger partial charge < -0.3 is 18.9 Å². The lowest BCUT2D eigenvalue weighted by molar-refractivity contribution is -0.107. The fraction of sp³-hybridized carbons (Fsp3) is 0.552. The molecule has 3 aliphatic rings. The number of aromatic nitrogens is 4. The molecule has 3 atom stereocenters. The van der Waals surface area contributed by atoms with Gasteiger partial charge in [0.05, 0.1) is 25.2 Å². The Labute approximate surface area is 223 Å². The molecule has 3 unspecified atom stereocenters. The van der Waals surface area contributed by atoms with Gasteiger partial charge >= 0.3 is 6.01 Å². The Bertz CT molecular complexity index is 1270. The van der Waals surface area contributed by atoms with Gasteiger partial charge in [-0.1, -0.05) is 30.1 Å². The second kappa shape index (κ2) is 10.1. The molecule has 1 aromatic carbocycles. The van der Waals surface area contributed by atoms with Crippen molar-refractivity contribution < 1.29 is 18.8 Å². The second-order valence-electron chi connectivity index (χ2n) is 11.4. The number of carbonyl (C=O) groups is 1. The molecule has 2 aromatic heterocycles. The van der Waals surface area contributed by atoms with Crippen LogP contribution in [0, 0.1) is 11.8 Å². The minimum Gasteiger partial charge on any atom is -0.464 e. The Kier molecular flexibility index (Phi) is 6.63. The number of benzene rings is 1. The summed E-state index contributed by atoms with van der Waals surface area (Å²) in [4.78, 5) is 27.6. The molecule has 3 aromatic rings. The highest BCUT2D eigenvalue weighted by Crippen LogP contribution is 2.52. The minimum atomic E-state index is -0.149. The van der Waals surface area contributed by atoms with Crippen molar-refractivity contribution >= 4 is 12.1 Å². The van der Waals surface area contributed by atoms with Crippen LogP contribution in [0.4, 0.5) is 5.69 Å². The van der Waals surface area contributed by atoms with E-state index in [1.54, 1.807) is 12.4 Å². The molecular weight excluding hydrogens is 482 g/mol. The number of carbonyl (C=O) groups excluding carboxylic acids is 1. The van der Waals surface area contributed by atoms with Crippen LogP contribution in [0.1, 0.15) is 64.1 Å². The Morgan fingerprint density at radius 2 is 2.00 bits per heavy atom. The fourth-order valence-electron chi connectivity index (χ4n) is 6.50. The van der Waals surface area contributed by atoms with E-state index in [0.717, 1.165) is 61.2 Å². The predicted octanol–water partition coefficient (Wildman–Crippen LogP) is 4.71. The van der Waals surface area contributed by atoms with E-state index in [0.29, 0.717) is 50.1 Å². The first-order chi connectivity index (χ1) is 18.5. The van der Waals surface area contributed by atoms with Crippen molar-refractivity contribution in [1.82, 2.24) is 20.1 Å². The molecule has 3 fully saturated rings. The van der Waals surface area contributed by atoms with E-state index in [4.69, 9.17) is 19.0 Å². The van der Waals surface area contributed by atoms with Crippen LogP contribution >= 0.6 is 0 Å². The molecule has 0 N–H and O–H groups in total. The minimum absolute atomic E-state index is 0.0122. The zero-order chi connectivity index (χ0) is 26.2. The van der Waals surface area contributed by atoms with Gasteiger partial charge in [-0.15, -0.1) is 0 Å². The molecular formula is C29H35N5O4. The molecule has 38 heavy (non-hydrogen) atoms. The van der Waals surface area contributed by atoms with Crippen LogP contribution in [0.3, 0.4) is 0 Å². The van der Waals surface area contributed by atoms with Gasteiger partial charge in [0.1, 0.15) is 0 Å². The first-order valence-electron chi connectivity index (χ1n) is 13.7. The second-order valence-corrected chi connectivity index (χ2v) is 11.4. The Morgan fingerprint density at radius 1 is 1.16 bits per heavy atom. The normalized spacial score (nSPS) is 25.8. The van der Waals surface area contributed by atoms with E-state index in [-0.39, 0.29) is 10.8 Å². The maximum atomic E-state index is 12.3. The number of hydrogen-bond donors (Lipinski definition) is 0. The van der Waals surface area contributed by atoms with Gasteiger partial charge in [-0.05, 0) is 69.1 Å². The van der Waals surface area contributed by atoms with Gasteiger partial charge in [0, 0.05) is 35.6 Å². The van der Waals surface area contributed by atoms with Gasteiger partial charge in [0.2, 0.25) is 12.3 Å². The average Bonchev–Trinajstić information content (AvgIpc) is 3.44. The van der Waals surface area contributed by atoms with Gasteiger partial charge in [-0.2, -0.15) is 4.98 Å². The average molecular weight is 518 g/mol. The standard InChI is InChI=1S/C29H35N5O4/c1-3-37-27-30-14-23(15-31-27)20-6-4-8-24(12-20)34(19-35)16-22-9-11-29(10-5-7-21(22)13-29)25-32-26(38-33-25)28(2)17-36-18-28/h4,6,8,12,14-15,19,21-22H,3,5,7,9-11,13,16-18H2,1-2H3. The van der Waals surface area contributed by atoms with E-state index >= 15 is 0 Å². The number of amides is 1. The molecule has 2 saturated carbocycles. The number of ether oxygens (including phenoxy) is 2. The number of nitrogens with zero attached hydrogens (tertiary/aromatic N) is 5. The summed E-state index contributed by atoms with van der Waals surface area (Å²) < 4.78 is 16.5. The maximum absolute atomic E-state index is 12.3. The number of fused-ring (bicyclic) bond motifs is 2. The van der Waals surface area contributed by atoms with Crippen LogP contribution in [0.25, 0.3) is 11.1 Å². The third kappa shape index (κ3) is 4.57. The highest BCUT2D eigenvalue weighted by molar-refractivity contribution is 5.78. The largest absolute Gasteiger partial charge is 0.464 e. The van der Waals surface area contributed by atoms with Crippen molar-refractivity contribution in [1.29, 1.82) is 0 Å². The first kappa shape index (κ1) is 25.0. The van der Waals surface area contributed by atoms with Crippen LogP contribution in [0.5, 0.6) is 6.01 Å². The van der Waals surface area contributed by atoms with Crippen molar-refractivity contribution in [3.8, 4) is 17.1 Å². The van der Waals surface area contributed by atoms with E-state index in [1.807, 2.05) is 36.1 Å². The summed E-state index contributed by atoms with van der Waals surface area (Å²) in [6.07, 6.45) is 11.0. The van der Waals surface area contributed by atoms with Crippen molar-refractivity contribution in [3.63, 3.8) is 0 Å². The monoisotopic (exact) mass is 517 g/mol. The van der Waals surface area contributed by atoms with Crippen molar-refractivity contribution in [3.05, 3.63) is 48.4 Å². The van der Waals surface area contributed by atoms with Crippen LogP contribution in [-0.2, 0) is 20.4 Å². The van der Waals surface area contributed by atoms with E-state index in [9.17, 15) is 4.79 Å². The Hall–Kier alpha value is -3.33. The third-order valence-electron chi connectivity index (χ3n) is 8.77. The van der Waals surface area contributed by atoms with Crippen molar-refractivity contribution in [2.75, 3.05) is 31.3 Å². The molecule has 2 bridgehead atoms. The molecule has 6 rings (SSSR count). The molecule has 2 aliphatic carbocycles. The summed E-state index contributed by atoms with van der Waals surface area (Å²) in [6.45, 7) is 6.54. The van der Waals surface area contributed by atoms with Crippen LogP contribution in [0.15, 0.2) is 41.2 Å². The fourth-order valence-corrected chi connectivity index (χ4v) is 6.50. The number of rotatable bonds is 9. The number of hydrogen-bond acceptors (Lipinski definition) is 8. The lowest BCUT2D eigenvalue weighted by Crippen LogP contribution is -2.45. The molecule has 1 amide bonds. The topological polar surface area (TPSA) is 103 Å². The highest BCUT2D eigenvalue weighted by Gasteiger charge is 2.49. The first-order valence-corrected chi connectivity index (χ1v) is 13.7. The van der Waals surface area contributed by atoms with Crippen LogP contribution in [-0.4, -0.2) is 52.9 Å². The molecule has 0 radical (unpaired) electrons. The van der Waals surface area contributed by atoms with Gasteiger partial charge in [0.15, 0.2) is 5.82 Å². The van der Waals surface area contributed by atoms with E-state index < -0.39 is 0 Å². The molecule has 9 nitrogen and oxygen atoms in total. The van der Waals surface area contributed by atoms with E-state index in [1.165, 1.54) is 6.42 Å². The van der Waals surface area contributed by atoms with Crippen molar-refractivity contribution in [2.45, 2.75) is 63.2 Å². The SMILES string of the molecule is CCOc1ncc(-c2cccc(N(C=O)CC3CCC4(c5noc(C6(C)COC6)n5)CCCC3C4)c2)cn1. The number of anilines is 1. The predicted molar refractivity (Wildman–Crippen MR) is 141 cm³/mol. The van der Waals surface area contributed by atoms with Crippen molar-refractivity contribution in [2.24, 2.45) is 11.8 Å². The third-order valence-corrected chi connectivity index (χ3v) is 8.77. The smallest absolute Gasteiger partial charge is 0.316 e. The summed E-state index contributed by atoms with van der Waals surface area (Å²) >= 11 is 0. The Balaban J connectivity index is 1.16. The summed E-state index contributed by atoms with van der Waals surface area (Å²) in [5.41, 5.74) is 2.58. The molecule has 1 aliphatic heterocycles. The van der Waals surface area contributed by atoms with Crippen LogP contribution in [0.2, 0.25) is 0 Å². The maximum Gasteiger partial charge on any atom is 0.316 e. The van der Waals surface area contributed by atoms with Gasteiger partial charge in [-0.25, -0.2) is 9.97 Å². The quantitative estimate of drug-likeness (QED) is 0.376. The molecule has 200 valence electrons. The lowest BCUT2D eigenvalue weighted by Gasteiger charge is -2.48. The summed E-state index contributed by atoms with van der Waals surface area (Å²) in [6, 6.07) is 8.38. The molecule has 9 heteroatoms.